The Labute approximate surface area is 146 Å². The lowest BCUT2D eigenvalue weighted by Crippen LogP contribution is -2.45. The third kappa shape index (κ3) is 5.77. The summed E-state index contributed by atoms with van der Waals surface area (Å²) in [6.45, 7) is 2.13. The molecule has 0 aromatic heterocycles. The molecule has 2 aromatic carbocycles. The summed E-state index contributed by atoms with van der Waals surface area (Å²) in [6.07, 6.45) is 0. The second kappa shape index (κ2) is 8.73. The Bertz CT molecular complexity index is 687. The largest absolute Gasteiger partial charge is 0.497 e. The predicted octanol–water partition coefficient (Wildman–Crippen LogP) is 2.43. The highest BCUT2D eigenvalue weighted by molar-refractivity contribution is 7.80. The van der Waals surface area contributed by atoms with E-state index in [0.717, 1.165) is 22.7 Å². The summed E-state index contributed by atoms with van der Waals surface area (Å²) in [7, 11) is 1.61. The van der Waals surface area contributed by atoms with Crippen molar-refractivity contribution >= 4 is 34.6 Å². The second-order valence-electron chi connectivity index (χ2n) is 5.08. The Hall–Kier alpha value is -2.80. The number of hydrogen-bond donors (Lipinski definition) is 4. The number of amides is 1. The summed E-state index contributed by atoms with van der Waals surface area (Å²) in [6, 6.07) is 15.1. The van der Waals surface area contributed by atoms with Crippen LogP contribution in [0, 0.1) is 6.92 Å². The molecule has 2 aromatic rings. The van der Waals surface area contributed by atoms with Gasteiger partial charge < -0.3 is 15.4 Å². The van der Waals surface area contributed by atoms with Gasteiger partial charge in [-0.2, -0.15) is 0 Å². The third-order valence-corrected chi connectivity index (χ3v) is 3.37. The van der Waals surface area contributed by atoms with Crippen LogP contribution in [0.25, 0.3) is 0 Å². The number of hydrazine groups is 1. The van der Waals surface area contributed by atoms with Crippen molar-refractivity contribution in [3.05, 3.63) is 54.1 Å². The van der Waals surface area contributed by atoms with E-state index in [1.165, 1.54) is 0 Å². The van der Waals surface area contributed by atoms with E-state index in [2.05, 4.69) is 21.5 Å². The SMILES string of the molecule is COc1ccc(NCC(=O)NNC(=S)Nc2ccc(C)cc2)cc1. The zero-order valence-electron chi connectivity index (χ0n) is 13.6. The highest BCUT2D eigenvalue weighted by Crippen LogP contribution is 2.14. The maximum atomic E-state index is 11.8. The lowest BCUT2D eigenvalue weighted by atomic mass is 10.2. The molecule has 1 amide bonds. The molecule has 0 atom stereocenters. The lowest BCUT2D eigenvalue weighted by Gasteiger charge is -2.12. The number of thiocarbonyl (C=S) groups is 1. The summed E-state index contributed by atoms with van der Waals surface area (Å²) in [5, 5.41) is 6.30. The first-order valence-corrected chi connectivity index (χ1v) is 7.78. The number of hydrogen-bond acceptors (Lipinski definition) is 4. The van der Waals surface area contributed by atoms with Gasteiger partial charge in [0.2, 0.25) is 0 Å². The van der Waals surface area contributed by atoms with E-state index in [1.807, 2.05) is 55.5 Å². The third-order valence-electron chi connectivity index (χ3n) is 3.17. The van der Waals surface area contributed by atoms with Crippen molar-refractivity contribution in [3.8, 4) is 5.75 Å². The fraction of sp³-hybridized carbons (Fsp3) is 0.176. The van der Waals surface area contributed by atoms with E-state index in [1.54, 1.807) is 7.11 Å². The lowest BCUT2D eigenvalue weighted by molar-refractivity contribution is -0.119. The molecule has 24 heavy (non-hydrogen) atoms. The van der Waals surface area contributed by atoms with Gasteiger partial charge in [0.25, 0.3) is 5.91 Å². The molecule has 0 fully saturated rings. The molecule has 126 valence electrons. The maximum absolute atomic E-state index is 11.8. The molecule has 4 N–H and O–H groups in total. The number of rotatable bonds is 5. The number of methoxy groups -OCH3 is 1. The first kappa shape index (κ1) is 17.6. The van der Waals surface area contributed by atoms with Crippen molar-refractivity contribution in [1.82, 2.24) is 10.9 Å². The number of carbonyl (C=O) groups is 1. The molecule has 0 unspecified atom stereocenters. The molecule has 0 spiro atoms. The summed E-state index contributed by atoms with van der Waals surface area (Å²) < 4.78 is 5.08. The molecular formula is C17H20N4O2S. The van der Waals surface area contributed by atoms with Crippen LogP contribution in [-0.4, -0.2) is 24.7 Å². The van der Waals surface area contributed by atoms with Gasteiger partial charge in [-0.3, -0.25) is 15.6 Å². The number of benzene rings is 2. The monoisotopic (exact) mass is 344 g/mol. The normalized spacial score (nSPS) is 9.75. The summed E-state index contributed by atoms with van der Waals surface area (Å²) in [5.74, 6) is 0.526. The van der Waals surface area contributed by atoms with Gasteiger partial charge in [0.05, 0.1) is 13.7 Å². The van der Waals surface area contributed by atoms with Crippen LogP contribution in [0.1, 0.15) is 5.56 Å². The number of aryl methyl sites for hydroxylation is 1. The van der Waals surface area contributed by atoms with Crippen LogP contribution in [-0.2, 0) is 4.79 Å². The average Bonchev–Trinajstić information content (AvgIpc) is 2.60. The fourth-order valence-corrected chi connectivity index (χ4v) is 2.03. The molecule has 0 bridgehead atoms. The smallest absolute Gasteiger partial charge is 0.257 e. The van der Waals surface area contributed by atoms with Crippen LogP contribution in [0.5, 0.6) is 5.75 Å². The van der Waals surface area contributed by atoms with E-state index >= 15 is 0 Å². The molecule has 0 aliphatic carbocycles. The van der Waals surface area contributed by atoms with Gasteiger partial charge >= 0.3 is 0 Å². The molecule has 7 heteroatoms. The van der Waals surface area contributed by atoms with Gasteiger partial charge in [-0.1, -0.05) is 17.7 Å². The summed E-state index contributed by atoms with van der Waals surface area (Å²) in [5.41, 5.74) is 8.03. The molecule has 0 heterocycles. The molecule has 0 saturated heterocycles. The zero-order chi connectivity index (χ0) is 17.4. The van der Waals surface area contributed by atoms with Gasteiger partial charge in [-0.25, -0.2) is 0 Å². The van der Waals surface area contributed by atoms with Crippen LogP contribution in [0.15, 0.2) is 48.5 Å². The highest BCUT2D eigenvalue weighted by atomic mass is 32.1. The standard InChI is InChI=1S/C17H20N4O2S/c1-12-3-5-14(6-4-12)19-17(24)21-20-16(22)11-18-13-7-9-15(23-2)10-8-13/h3-10,18H,11H2,1-2H3,(H,20,22)(H2,19,21,24). The molecule has 0 saturated carbocycles. The van der Waals surface area contributed by atoms with E-state index in [0.29, 0.717) is 5.11 Å². The van der Waals surface area contributed by atoms with E-state index in [-0.39, 0.29) is 12.5 Å². The van der Waals surface area contributed by atoms with Crippen molar-refractivity contribution in [3.63, 3.8) is 0 Å². The number of anilines is 2. The average molecular weight is 344 g/mol. The fourth-order valence-electron chi connectivity index (χ4n) is 1.86. The van der Waals surface area contributed by atoms with E-state index in [9.17, 15) is 4.79 Å². The summed E-state index contributed by atoms with van der Waals surface area (Å²) >= 11 is 5.12. The Kier molecular flexibility index (Phi) is 6.39. The summed E-state index contributed by atoms with van der Waals surface area (Å²) in [4.78, 5) is 11.8. The van der Waals surface area contributed by atoms with Gasteiger partial charge in [-0.05, 0) is 55.5 Å². The molecule has 0 aliphatic rings. The molecule has 6 nitrogen and oxygen atoms in total. The maximum Gasteiger partial charge on any atom is 0.257 e. The first-order valence-electron chi connectivity index (χ1n) is 7.37. The van der Waals surface area contributed by atoms with Gasteiger partial charge in [0, 0.05) is 11.4 Å². The van der Waals surface area contributed by atoms with Gasteiger partial charge in [-0.15, -0.1) is 0 Å². The van der Waals surface area contributed by atoms with Crippen LogP contribution in [0.4, 0.5) is 11.4 Å². The Balaban J connectivity index is 1.70. The second-order valence-corrected chi connectivity index (χ2v) is 5.48. The molecule has 0 aliphatic heterocycles. The van der Waals surface area contributed by atoms with Crippen molar-refractivity contribution in [2.75, 3.05) is 24.3 Å². The minimum atomic E-state index is -0.237. The van der Waals surface area contributed by atoms with Crippen LogP contribution < -0.4 is 26.2 Å². The number of carbonyl (C=O) groups excluding carboxylic acids is 1. The number of ether oxygens (including phenoxy) is 1. The van der Waals surface area contributed by atoms with Crippen LogP contribution >= 0.6 is 12.2 Å². The van der Waals surface area contributed by atoms with Gasteiger partial charge in [0.15, 0.2) is 5.11 Å². The van der Waals surface area contributed by atoms with Gasteiger partial charge in [0.1, 0.15) is 5.75 Å². The Morgan fingerprint density at radius 3 is 2.25 bits per heavy atom. The van der Waals surface area contributed by atoms with E-state index < -0.39 is 0 Å². The van der Waals surface area contributed by atoms with Crippen LogP contribution in [0.3, 0.4) is 0 Å². The highest BCUT2D eigenvalue weighted by Gasteiger charge is 2.03. The van der Waals surface area contributed by atoms with E-state index in [4.69, 9.17) is 17.0 Å². The molecular weight excluding hydrogens is 324 g/mol. The first-order chi connectivity index (χ1) is 11.6. The van der Waals surface area contributed by atoms with Crippen LogP contribution in [0.2, 0.25) is 0 Å². The topological polar surface area (TPSA) is 74.4 Å². The molecule has 2 rings (SSSR count). The number of nitrogens with one attached hydrogen (secondary N) is 4. The Morgan fingerprint density at radius 1 is 1.00 bits per heavy atom. The quantitative estimate of drug-likeness (QED) is 0.493. The molecule has 0 radical (unpaired) electrons. The van der Waals surface area contributed by atoms with Crippen molar-refractivity contribution < 1.29 is 9.53 Å². The minimum Gasteiger partial charge on any atom is -0.497 e. The zero-order valence-corrected chi connectivity index (χ0v) is 14.4. The van der Waals surface area contributed by atoms with Crippen molar-refractivity contribution in [2.45, 2.75) is 6.92 Å². The Morgan fingerprint density at radius 2 is 1.62 bits per heavy atom. The van der Waals surface area contributed by atoms with Crippen molar-refractivity contribution in [1.29, 1.82) is 0 Å². The van der Waals surface area contributed by atoms with Crippen molar-refractivity contribution in [2.24, 2.45) is 0 Å². The predicted molar refractivity (Wildman–Crippen MR) is 100 cm³/mol. The minimum absolute atomic E-state index is 0.118.